The summed E-state index contributed by atoms with van der Waals surface area (Å²) in [5.41, 5.74) is 4.27. The molecule has 0 unspecified atom stereocenters. The first kappa shape index (κ1) is 17.4. The van der Waals surface area contributed by atoms with Gasteiger partial charge in [0.2, 0.25) is 5.91 Å². The van der Waals surface area contributed by atoms with Crippen LogP contribution in [0, 0.1) is 25.2 Å². The van der Waals surface area contributed by atoms with E-state index in [0.717, 1.165) is 16.7 Å². The Balaban J connectivity index is 1.93. The van der Waals surface area contributed by atoms with Crippen LogP contribution in [-0.4, -0.2) is 11.7 Å². The second kappa shape index (κ2) is 8.05. The molecule has 1 N–H and O–H groups in total. The minimum Gasteiger partial charge on any atom is -0.324 e. The molecule has 0 spiro atoms. The first-order chi connectivity index (χ1) is 11.0. The maximum Gasteiger partial charge on any atom is 0.234 e. The number of benzene rings is 2. The van der Waals surface area contributed by atoms with Gasteiger partial charge >= 0.3 is 0 Å². The van der Waals surface area contributed by atoms with Crippen molar-refractivity contribution < 1.29 is 4.79 Å². The summed E-state index contributed by atoms with van der Waals surface area (Å²) >= 11 is 7.66. The molecule has 118 valence electrons. The van der Waals surface area contributed by atoms with Crippen LogP contribution < -0.4 is 5.32 Å². The molecule has 0 atom stereocenters. The summed E-state index contributed by atoms with van der Waals surface area (Å²) < 4.78 is 0. The lowest BCUT2D eigenvalue weighted by molar-refractivity contribution is -0.113. The van der Waals surface area contributed by atoms with Crippen molar-refractivity contribution in [2.24, 2.45) is 0 Å². The maximum absolute atomic E-state index is 12.1. The number of thioether (sulfide) groups is 1. The summed E-state index contributed by atoms with van der Waals surface area (Å²) in [7, 11) is 0. The molecule has 0 radical (unpaired) electrons. The average molecular weight is 345 g/mol. The van der Waals surface area contributed by atoms with Gasteiger partial charge in [-0.1, -0.05) is 35.9 Å². The zero-order valence-electron chi connectivity index (χ0n) is 13.0. The van der Waals surface area contributed by atoms with Crippen LogP contribution in [0.2, 0.25) is 5.02 Å². The minimum absolute atomic E-state index is 0.0988. The highest BCUT2D eigenvalue weighted by Crippen LogP contribution is 2.27. The summed E-state index contributed by atoms with van der Waals surface area (Å²) in [5.74, 6) is 0.833. The normalized spacial score (nSPS) is 10.2. The van der Waals surface area contributed by atoms with Crippen LogP contribution >= 0.6 is 23.4 Å². The highest BCUT2D eigenvalue weighted by molar-refractivity contribution is 7.99. The Morgan fingerprint density at radius 2 is 2.04 bits per heavy atom. The number of carbonyl (C=O) groups excluding carboxylic acids is 1. The van der Waals surface area contributed by atoms with E-state index >= 15 is 0 Å². The lowest BCUT2D eigenvalue weighted by Gasteiger charge is -2.11. The van der Waals surface area contributed by atoms with Gasteiger partial charge in [0.05, 0.1) is 28.1 Å². The van der Waals surface area contributed by atoms with Gasteiger partial charge in [0.25, 0.3) is 0 Å². The van der Waals surface area contributed by atoms with Gasteiger partial charge in [-0.2, -0.15) is 5.26 Å². The molecular weight excluding hydrogens is 328 g/mol. The fraction of sp³-hybridized carbons (Fsp3) is 0.222. The van der Waals surface area contributed by atoms with Crippen LogP contribution in [0.25, 0.3) is 0 Å². The number of carbonyl (C=O) groups is 1. The monoisotopic (exact) mass is 344 g/mol. The summed E-state index contributed by atoms with van der Waals surface area (Å²) in [6, 6.07) is 13.4. The first-order valence-electron chi connectivity index (χ1n) is 7.13. The molecule has 0 bridgehead atoms. The lowest BCUT2D eigenvalue weighted by Crippen LogP contribution is -2.15. The number of hydrogen-bond acceptors (Lipinski definition) is 3. The van der Waals surface area contributed by atoms with Gasteiger partial charge in [-0.25, -0.2) is 0 Å². The lowest BCUT2D eigenvalue weighted by atomic mass is 10.1. The molecule has 1 amide bonds. The molecule has 0 aliphatic rings. The third kappa shape index (κ3) is 4.75. The van der Waals surface area contributed by atoms with E-state index in [4.69, 9.17) is 16.9 Å². The number of hydrogen-bond donors (Lipinski definition) is 1. The van der Waals surface area contributed by atoms with Crippen LogP contribution in [-0.2, 0) is 10.5 Å². The van der Waals surface area contributed by atoms with Gasteiger partial charge in [0.15, 0.2) is 0 Å². The van der Waals surface area contributed by atoms with E-state index in [2.05, 4.69) is 11.4 Å². The van der Waals surface area contributed by atoms with Crippen LogP contribution in [0.1, 0.15) is 22.3 Å². The van der Waals surface area contributed by atoms with Gasteiger partial charge in [0, 0.05) is 5.75 Å². The third-order valence-corrected chi connectivity index (χ3v) is 4.60. The van der Waals surface area contributed by atoms with Crippen molar-refractivity contribution in [2.45, 2.75) is 19.6 Å². The van der Waals surface area contributed by atoms with Crippen LogP contribution in [0.15, 0.2) is 36.4 Å². The number of anilines is 1. The molecule has 2 aromatic carbocycles. The molecule has 3 nitrogen and oxygen atoms in total. The Morgan fingerprint density at radius 3 is 2.74 bits per heavy atom. The topological polar surface area (TPSA) is 52.9 Å². The highest BCUT2D eigenvalue weighted by atomic mass is 35.5. The molecule has 5 heteroatoms. The van der Waals surface area contributed by atoms with Gasteiger partial charge in [0.1, 0.15) is 0 Å². The second-order valence-corrected chi connectivity index (χ2v) is 6.64. The molecule has 0 aliphatic heterocycles. The van der Waals surface area contributed by atoms with Gasteiger partial charge in [-0.05, 0) is 42.7 Å². The Labute approximate surface area is 145 Å². The third-order valence-electron chi connectivity index (χ3n) is 3.32. The van der Waals surface area contributed by atoms with E-state index in [-0.39, 0.29) is 5.91 Å². The fourth-order valence-corrected chi connectivity index (χ4v) is 3.46. The van der Waals surface area contributed by atoms with Crippen molar-refractivity contribution in [3.8, 4) is 6.07 Å². The zero-order chi connectivity index (χ0) is 16.8. The molecule has 0 saturated carbocycles. The molecule has 0 heterocycles. The summed E-state index contributed by atoms with van der Waals surface area (Å²) in [4.78, 5) is 12.1. The van der Waals surface area contributed by atoms with E-state index in [0.29, 0.717) is 27.8 Å². The molecule has 23 heavy (non-hydrogen) atoms. The zero-order valence-corrected chi connectivity index (χ0v) is 14.6. The quantitative estimate of drug-likeness (QED) is 0.855. The van der Waals surface area contributed by atoms with E-state index in [1.807, 2.05) is 44.2 Å². The van der Waals surface area contributed by atoms with E-state index < -0.39 is 0 Å². The predicted molar refractivity (Wildman–Crippen MR) is 96.9 cm³/mol. The van der Waals surface area contributed by atoms with Crippen molar-refractivity contribution in [2.75, 3.05) is 11.1 Å². The Bertz CT molecular complexity index is 745. The van der Waals surface area contributed by atoms with E-state index in [1.165, 1.54) is 11.8 Å². The highest BCUT2D eigenvalue weighted by Gasteiger charge is 2.10. The number of halogens is 1. The smallest absolute Gasteiger partial charge is 0.234 e. The second-order valence-electron chi connectivity index (χ2n) is 5.25. The number of rotatable bonds is 5. The maximum atomic E-state index is 12.1. The van der Waals surface area contributed by atoms with Crippen LogP contribution in [0.5, 0.6) is 0 Å². The SMILES string of the molecule is Cc1cc(C)c(NC(=O)CSCc2ccccc2C#N)c(Cl)c1. The van der Waals surface area contributed by atoms with Crippen molar-refractivity contribution in [1.82, 2.24) is 0 Å². The summed E-state index contributed by atoms with van der Waals surface area (Å²) in [6.07, 6.45) is 0. The Morgan fingerprint density at radius 1 is 1.30 bits per heavy atom. The fourth-order valence-electron chi connectivity index (χ4n) is 2.26. The minimum atomic E-state index is -0.0988. The Hall–Kier alpha value is -1.96. The van der Waals surface area contributed by atoms with Crippen LogP contribution in [0.3, 0.4) is 0 Å². The average Bonchev–Trinajstić information content (AvgIpc) is 2.51. The molecule has 0 fully saturated rings. The first-order valence-corrected chi connectivity index (χ1v) is 8.67. The number of amides is 1. The van der Waals surface area contributed by atoms with Crippen molar-refractivity contribution >= 4 is 35.0 Å². The molecule has 2 aromatic rings. The largest absolute Gasteiger partial charge is 0.324 e. The predicted octanol–water partition coefficient (Wildman–Crippen LogP) is 4.70. The van der Waals surface area contributed by atoms with E-state index in [1.54, 1.807) is 6.07 Å². The number of aryl methyl sites for hydroxylation is 2. The molecule has 2 rings (SSSR count). The summed E-state index contributed by atoms with van der Waals surface area (Å²) in [6.45, 7) is 3.89. The van der Waals surface area contributed by atoms with Crippen molar-refractivity contribution in [3.63, 3.8) is 0 Å². The number of nitrogens with zero attached hydrogens (tertiary/aromatic N) is 1. The van der Waals surface area contributed by atoms with Crippen molar-refractivity contribution in [3.05, 3.63) is 63.7 Å². The standard InChI is InChI=1S/C18H17ClN2OS/c1-12-7-13(2)18(16(19)8-12)21-17(22)11-23-10-15-6-4-3-5-14(15)9-20/h3-8H,10-11H2,1-2H3,(H,21,22). The number of nitriles is 1. The van der Waals surface area contributed by atoms with Gasteiger partial charge in [-0.3, -0.25) is 4.79 Å². The molecular formula is C18H17ClN2OS. The Kier molecular flexibility index (Phi) is 6.09. The molecule has 0 aromatic heterocycles. The number of nitrogens with one attached hydrogen (secondary N) is 1. The molecule has 0 saturated heterocycles. The molecule has 0 aliphatic carbocycles. The van der Waals surface area contributed by atoms with Crippen LogP contribution in [0.4, 0.5) is 5.69 Å². The van der Waals surface area contributed by atoms with Gasteiger partial charge in [-0.15, -0.1) is 11.8 Å². The van der Waals surface area contributed by atoms with Gasteiger partial charge < -0.3 is 5.32 Å². The van der Waals surface area contributed by atoms with Crippen molar-refractivity contribution in [1.29, 1.82) is 5.26 Å². The van der Waals surface area contributed by atoms with E-state index in [9.17, 15) is 4.79 Å². The summed E-state index contributed by atoms with van der Waals surface area (Å²) in [5, 5.41) is 12.5.